The number of nitro benzene ring substituents is 1. The number of nitro groups is 1. The van der Waals surface area contributed by atoms with Gasteiger partial charge in [0.1, 0.15) is 18.4 Å². The lowest BCUT2D eigenvalue weighted by Gasteiger charge is -2.04. The van der Waals surface area contributed by atoms with Gasteiger partial charge in [-0.1, -0.05) is 30.3 Å². The van der Waals surface area contributed by atoms with Crippen LogP contribution in [0.2, 0.25) is 0 Å². The number of ether oxygens (including phenoxy) is 1. The monoisotopic (exact) mass is 284 g/mol. The van der Waals surface area contributed by atoms with Crippen molar-refractivity contribution in [1.82, 2.24) is 0 Å². The highest BCUT2D eigenvalue weighted by molar-refractivity contribution is 5.98. The van der Waals surface area contributed by atoms with E-state index < -0.39 is 4.92 Å². The summed E-state index contributed by atoms with van der Waals surface area (Å²) in [7, 11) is 0. The van der Waals surface area contributed by atoms with Crippen molar-refractivity contribution in [2.24, 2.45) is 4.99 Å². The zero-order valence-electron chi connectivity index (χ0n) is 11.0. The fraction of sp³-hybridized carbons (Fsp3) is 0.133. The third-order valence-electron chi connectivity index (χ3n) is 3.26. The lowest BCUT2D eigenvalue weighted by atomic mass is 10.1. The summed E-state index contributed by atoms with van der Waals surface area (Å²) >= 11 is 0. The van der Waals surface area contributed by atoms with E-state index in [4.69, 9.17) is 4.74 Å². The number of aliphatic imine (C=N–C) groups is 1. The maximum atomic E-state index is 10.8. The second-order valence-corrected chi connectivity index (χ2v) is 4.63. The Labute approximate surface area is 120 Å². The minimum absolute atomic E-state index is 0.0898. The van der Waals surface area contributed by atoms with Crippen LogP contribution in [0, 0.1) is 10.1 Å². The third-order valence-corrected chi connectivity index (χ3v) is 3.26. The minimum atomic E-state index is -0.521. The Kier molecular flexibility index (Phi) is 3.27. The molecular formula is C15H12N2O4. The number of hydrogen-bond acceptors (Lipinski definition) is 5. The number of benzene rings is 2. The molecule has 0 saturated carbocycles. The van der Waals surface area contributed by atoms with Gasteiger partial charge >= 0.3 is 0 Å². The van der Waals surface area contributed by atoms with E-state index in [1.54, 1.807) is 0 Å². The zero-order chi connectivity index (χ0) is 14.8. The maximum Gasteiger partial charge on any atom is 0.270 e. The van der Waals surface area contributed by atoms with E-state index in [9.17, 15) is 15.2 Å². The van der Waals surface area contributed by atoms with Crippen molar-refractivity contribution in [3.05, 3.63) is 69.8 Å². The lowest BCUT2D eigenvalue weighted by molar-refractivity contribution is -0.384. The quantitative estimate of drug-likeness (QED) is 0.693. The molecule has 1 N–H and O–H groups in total. The largest absolute Gasteiger partial charge is 0.507 e. The smallest absolute Gasteiger partial charge is 0.270 e. The summed E-state index contributed by atoms with van der Waals surface area (Å²) in [4.78, 5) is 14.7. The van der Waals surface area contributed by atoms with Crippen molar-refractivity contribution >= 4 is 11.6 Å². The zero-order valence-corrected chi connectivity index (χ0v) is 11.0. The molecule has 6 nitrogen and oxygen atoms in total. The van der Waals surface area contributed by atoms with Crippen molar-refractivity contribution in [2.75, 3.05) is 6.61 Å². The van der Waals surface area contributed by atoms with Gasteiger partial charge in [-0.25, -0.2) is 4.99 Å². The molecule has 0 bridgehead atoms. The highest BCUT2D eigenvalue weighted by atomic mass is 16.6. The average Bonchev–Trinajstić information content (AvgIpc) is 2.98. The molecule has 0 unspecified atom stereocenters. The van der Waals surface area contributed by atoms with Crippen LogP contribution in [0.5, 0.6) is 5.75 Å². The number of aromatic hydroxyl groups is 1. The molecule has 1 heterocycles. The molecule has 2 aromatic carbocycles. The summed E-state index contributed by atoms with van der Waals surface area (Å²) in [6.45, 7) is 0.349. The van der Waals surface area contributed by atoms with Crippen LogP contribution in [0.3, 0.4) is 0 Å². The number of nitrogens with zero attached hydrogens (tertiary/aromatic N) is 2. The molecular weight excluding hydrogens is 272 g/mol. The average molecular weight is 284 g/mol. The van der Waals surface area contributed by atoms with Crippen LogP contribution in [0.15, 0.2) is 53.5 Å². The summed E-state index contributed by atoms with van der Waals surface area (Å²) in [6.07, 6.45) is 0. The first-order chi connectivity index (χ1) is 10.1. The molecule has 1 atom stereocenters. The molecule has 1 aliphatic rings. The Morgan fingerprint density at radius 2 is 2.00 bits per heavy atom. The van der Waals surface area contributed by atoms with Crippen molar-refractivity contribution < 1.29 is 14.8 Å². The van der Waals surface area contributed by atoms with Crippen molar-refractivity contribution in [2.45, 2.75) is 6.04 Å². The minimum Gasteiger partial charge on any atom is -0.507 e. The molecule has 3 rings (SSSR count). The van der Waals surface area contributed by atoms with Gasteiger partial charge in [-0.3, -0.25) is 10.1 Å². The second-order valence-electron chi connectivity index (χ2n) is 4.63. The third kappa shape index (κ3) is 2.55. The standard InChI is InChI=1S/C15H12N2O4/c18-14-7-6-11(17(19)20)8-12(14)15-16-13(9-21-15)10-4-2-1-3-5-10/h1-8,13,18H,9H2/t13-/m1/s1. The second kappa shape index (κ2) is 5.24. The van der Waals surface area contributed by atoms with E-state index in [-0.39, 0.29) is 28.9 Å². The molecule has 0 aromatic heterocycles. The van der Waals surface area contributed by atoms with E-state index in [0.29, 0.717) is 6.61 Å². The SMILES string of the molecule is O=[N+]([O-])c1ccc(O)c(C2=N[C@@H](c3ccccc3)CO2)c1. The molecule has 21 heavy (non-hydrogen) atoms. The molecule has 0 saturated heterocycles. The van der Waals surface area contributed by atoms with Gasteiger partial charge in [-0.15, -0.1) is 0 Å². The topological polar surface area (TPSA) is 85.0 Å². The Morgan fingerprint density at radius 3 is 2.71 bits per heavy atom. The maximum absolute atomic E-state index is 10.8. The highest BCUT2D eigenvalue weighted by Gasteiger charge is 2.24. The van der Waals surface area contributed by atoms with Crippen LogP contribution in [0.1, 0.15) is 17.2 Å². The van der Waals surface area contributed by atoms with Crippen LogP contribution >= 0.6 is 0 Å². The van der Waals surface area contributed by atoms with E-state index >= 15 is 0 Å². The Morgan fingerprint density at radius 1 is 1.24 bits per heavy atom. The molecule has 0 spiro atoms. The lowest BCUT2D eigenvalue weighted by Crippen LogP contribution is -2.02. The van der Waals surface area contributed by atoms with Gasteiger partial charge in [0, 0.05) is 12.1 Å². The molecule has 2 aromatic rings. The van der Waals surface area contributed by atoms with Gasteiger partial charge in [0.25, 0.3) is 5.69 Å². The molecule has 0 radical (unpaired) electrons. The number of rotatable bonds is 3. The van der Waals surface area contributed by atoms with E-state index in [0.717, 1.165) is 5.56 Å². The number of non-ortho nitro benzene ring substituents is 1. The van der Waals surface area contributed by atoms with Gasteiger partial charge in [0.2, 0.25) is 5.90 Å². The fourth-order valence-electron chi connectivity index (χ4n) is 2.18. The number of phenolic OH excluding ortho intramolecular Hbond substituents is 1. The first-order valence-corrected chi connectivity index (χ1v) is 6.38. The normalized spacial score (nSPS) is 17.1. The Hall–Kier alpha value is -2.89. The highest BCUT2D eigenvalue weighted by Crippen LogP contribution is 2.30. The van der Waals surface area contributed by atoms with E-state index in [1.165, 1.54) is 18.2 Å². The molecule has 0 aliphatic carbocycles. The summed E-state index contributed by atoms with van der Waals surface area (Å²) < 4.78 is 5.49. The predicted octanol–water partition coefficient (Wildman–Crippen LogP) is 2.82. The number of phenols is 1. The van der Waals surface area contributed by atoms with Gasteiger partial charge in [0.15, 0.2) is 0 Å². The first kappa shape index (κ1) is 13.1. The van der Waals surface area contributed by atoms with Crippen molar-refractivity contribution in [3.8, 4) is 5.75 Å². The van der Waals surface area contributed by atoms with Crippen LogP contribution < -0.4 is 0 Å². The molecule has 0 fully saturated rings. The van der Waals surface area contributed by atoms with Crippen molar-refractivity contribution in [1.29, 1.82) is 0 Å². The summed E-state index contributed by atoms with van der Waals surface area (Å²) in [5, 5.41) is 20.7. The van der Waals surface area contributed by atoms with Crippen LogP contribution in [-0.4, -0.2) is 22.5 Å². The fourth-order valence-corrected chi connectivity index (χ4v) is 2.18. The molecule has 106 valence electrons. The van der Waals surface area contributed by atoms with Gasteiger partial charge < -0.3 is 9.84 Å². The van der Waals surface area contributed by atoms with Crippen molar-refractivity contribution in [3.63, 3.8) is 0 Å². The Bertz CT molecular complexity index is 713. The molecule has 6 heteroatoms. The van der Waals surface area contributed by atoms with Gasteiger partial charge in [-0.2, -0.15) is 0 Å². The van der Waals surface area contributed by atoms with E-state index in [2.05, 4.69) is 4.99 Å². The van der Waals surface area contributed by atoms with Crippen LogP contribution in [-0.2, 0) is 4.74 Å². The van der Waals surface area contributed by atoms with Gasteiger partial charge in [-0.05, 0) is 11.6 Å². The first-order valence-electron chi connectivity index (χ1n) is 6.38. The predicted molar refractivity (Wildman–Crippen MR) is 76.4 cm³/mol. The van der Waals surface area contributed by atoms with Gasteiger partial charge in [0.05, 0.1) is 10.5 Å². The number of hydrogen-bond donors (Lipinski definition) is 1. The summed E-state index contributed by atoms with van der Waals surface area (Å²) in [5.74, 6) is 0.137. The molecule has 0 amide bonds. The van der Waals surface area contributed by atoms with E-state index in [1.807, 2.05) is 30.3 Å². The van der Waals surface area contributed by atoms with Crippen LogP contribution in [0.4, 0.5) is 5.69 Å². The summed E-state index contributed by atoms with van der Waals surface area (Å²) in [6, 6.07) is 13.2. The Balaban J connectivity index is 1.95. The molecule has 1 aliphatic heterocycles. The van der Waals surface area contributed by atoms with Crippen LogP contribution in [0.25, 0.3) is 0 Å². The summed E-state index contributed by atoms with van der Waals surface area (Å²) in [5.41, 5.74) is 1.12.